The number of nitriles is 1. The molecule has 3 nitrogen and oxygen atoms in total. The number of benzene rings is 3. The summed E-state index contributed by atoms with van der Waals surface area (Å²) >= 11 is 0. The average Bonchev–Trinajstić information content (AvgIpc) is 2.91. The number of carbonyl (C=O) groups is 1. The number of carbonyl (C=O) groups excluding carboxylic acids is 1. The second kappa shape index (κ2) is 12.3. The maximum absolute atomic E-state index is 16.9. The molecule has 0 heterocycles. The van der Waals surface area contributed by atoms with Crippen LogP contribution in [0.25, 0.3) is 0 Å². The second-order valence-corrected chi connectivity index (χ2v) is 9.39. The predicted molar refractivity (Wildman–Crippen MR) is 137 cm³/mol. The molecular formula is C31H34FNO2. The van der Waals surface area contributed by atoms with Crippen molar-refractivity contribution in [1.29, 1.82) is 5.26 Å². The van der Waals surface area contributed by atoms with E-state index >= 15 is 4.39 Å². The summed E-state index contributed by atoms with van der Waals surface area (Å²) in [5.41, 5.74) is -0.361. The molecule has 0 N–H and O–H groups in total. The first-order valence-corrected chi connectivity index (χ1v) is 12.3. The molecule has 0 spiro atoms. The molecule has 3 aromatic carbocycles. The molecule has 3 rings (SSSR count). The van der Waals surface area contributed by atoms with Crippen LogP contribution in [0, 0.1) is 17.2 Å². The highest BCUT2D eigenvalue weighted by atomic mass is 19.1. The molecule has 35 heavy (non-hydrogen) atoms. The van der Waals surface area contributed by atoms with Gasteiger partial charge < -0.3 is 4.74 Å². The van der Waals surface area contributed by atoms with E-state index in [0.29, 0.717) is 6.42 Å². The van der Waals surface area contributed by atoms with Crippen molar-refractivity contribution in [1.82, 2.24) is 0 Å². The van der Waals surface area contributed by atoms with Crippen LogP contribution in [0.5, 0.6) is 0 Å². The van der Waals surface area contributed by atoms with E-state index in [1.54, 1.807) is 0 Å². The predicted octanol–water partition coefficient (Wildman–Crippen LogP) is 7.55. The van der Waals surface area contributed by atoms with Crippen LogP contribution in [0.4, 0.5) is 4.39 Å². The SMILES string of the molecule is CCC(C)CC(CC(F)(CCC#N)C(=O)OCc1ccccc1)(c1ccccc1)c1ccccc1. The zero-order valence-electron chi connectivity index (χ0n) is 20.6. The average molecular weight is 472 g/mol. The Kier molecular flexibility index (Phi) is 9.20. The molecule has 0 aliphatic rings. The van der Waals surface area contributed by atoms with E-state index in [4.69, 9.17) is 4.74 Å². The van der Waals surface area contributed by atoms with E-state index in [1.165, 1.54) is 0 Å². The largest absolute Gasteiger partial charge is 0.458 e. The van der Waals surface area contributed by atoms with E-state index in [9.17, 15) is 10.1 Å². The van der Waals surface area contributed by atoms with Gasteiger partial charge in [0.1, 0.15) is 6.61 Å². The summed E-state index contributed by atoms with van der Waals surface area (Å²) in [6.07, 6.45) is 1.23. The molecular weight excluding hydrogens is 437 g/mol. The maximum Gasteiger partial charge on any atom is 0.344 e. The highest BCUT2D eigenvalue weighted by molar-refractivity contribution is 5.80. The van der Waals surface area contributed by atoms with Crippen molar-refractivity contribution >= 4 is 5.97 Å². The molecule has 2 atom stereocenters. The minimum Gasteiger partial charge on any atom is -0.458 e. The Morgan fingerprint density at radius 3 is 1.94 bits per heavy atom. The van der Waals surface area contributed by atoms with Crippen LogP contribution in [0.2, 0.25) is 0 Å². The molecule has 0 amide bonds. The zero-order chi connectivity index (χ0) is 25.2. The molecule has 0 fully saturated rings. The molecule has 0 radical (unpaired) electrons. The molecule has 182 valence electrons. The number of ether oxygens (including phenoxy) is 1. The van der Waals surface area contributed by atoms with Crippen molar-refractivity contribution < 1.29 is 13.9 Å². The number of rotatable bonds is 12. The van der Waals surface area contributed by atoms with Gasteiger partial charge in [-0.1, -0.05) is 111 Å². The number of halogens is 1. The summed E-state index contributed by atoms with van der Waals surface area (Å²) in [7, 11) is 0. The fourth-order valence-electron chi connectivity index (χ4n) is 4.78. The van der Waals surface area contributed by atoms with Crippen molar-refractivity contribution in [3.63, 3.8) is 0 Å². The Balaban J connectivity index is 2.06. The number of hydrogen-bond acceptors (Lipinski definition) is 3. The van der Waals surface area contributed by atoms with Gasteiger partial charge in [0.25, 0.3) is 0 Å². The van der Waals surface area contributed by atoms with E-state index in [-0.39, 0.29) is 31.8 Å². The van der Waals surface area contributed by atoms with Gasteiger partial charge in [-0.05, 0) is 29.0 Å². The Bertz CT molecular complexity index is 1060. The van der Waals surface area contributed by atoms with Crippen LogP contribution in [0.1, 0.15) is 62.6 Å². The third kappa shape index (κ3) is 6.57. The Labute approximate surface area is 208 Å². The van der Waals surface area contributed by atoms with Gasteiger partial charge in [-0.2, -0.15) is 5.26 Å². The van der Waals surface area contributed by atoms with Gasteiger partial charge in [-0.15, -0.1) is 0 Å². The lowest BCUT2D eigenvalue weighted by molar-refractivity contribution is -0.161. The van der Waals surface area contributed by atoms with Crippen molar-refractivity contribution in [3.05, 3.63) is 108 Å². The number of alkyl halides is 1. The van der Waals surface area contributed by atoms with Gasteiger partial charge in [0, 0.05) is 24.7 Å². The smallest absolute Gasteiger partial charge is 0.344 e. The fourth-order valence-corrected chi connectivity index (χ4v) is 4.78. The number of esters is 1. The van der Waals surface area contributed by atoms with Crippen molar-refractivity contribution in [3.8, 4) is 6.07 Å². The van der Waals surface area contributed by atoms with E-state index in [2.05, 4.69) is 13.8 Å². The highest BCUT2D eigenvalue weighted by Crippen LogP contribution is 2.47. The molecule has 0 aliphatic heterocycles. The minimum absolute atomic E-state index is 0.00701. The Hall–Kier alpha value is -3.45. The first-order valence-electron chi connectivity index (χ1n) is 12.3. The van der Waals surface area contributed by atoms with Crippen molar-refractivity contribution in [2.24, 2.45) is 5.92 Å². The van der Waals surface area contributed by atoms with E-state index < -0.39 is 17.1 Å². The second-order valence-electron chi connectivity index (χ2n) is 9.39. The first-order chi connectivity index (χ1) is 16.9. The van der Waals surface area contributed by atoms with Crippen molar-refractivity contribution in [2.45, 2.75) is 63.6 Å². The lowest BCUT2D eigenvalue weighted by Gasteiger charge is -2.41. The van der Waals surface area contributed by atoms with Crippen LogP contribution in [0.15, 0.2) is 91.0 Å². The summed E-state index contributed by atoms with van der Waals surface area (Å²) < 4.78 is 22.4. The first kappa shape index (κ1) is 26.2. The third-order valence-electron chi connectivity index (χ3n) is 6.84. The van der Waals surface area contributed by atoms with Crippen LogP contribution < -0.4 is 0 Å². The van der Waals surface area contributed by atoms with Gasteiger partial charge in [0.15, 0.2) is 0 Å². The number of hydrogen-bond donors (Lipinski definition) is 0. The summed E-state index contributed by atoms with van der Waals surface area (Å²) in [5.74, 6) is -0.618. The van der Waals surface area contributed by atoms with Gasteiger partial charge in [0.05, 0.1) is 6.07 Å². The molecule has 3 aromatic rings. The number of nitrogens with zero attached hydrogens (tertiary/aromatic N) is 1. The van der Waals surface area contributed by atoms with Crippen LogP contribution in [-0.4, -0.2) is 11.6 Å². The lowest BCUT2D eigenvalue weighted by atomic mass is 9.63. The minimum atomic E-state index is -2.32. The third-order valence-corrected chi connectivity index (χ3v) is 6.84. The van der Waals surface area contributed by atoms with Crippen LogP contribution >= 0.6 is 0 Å². The summed E-state index contributed by atoms with van der Waals surface area (Å²) in [6.45, 7) is 4.27. The molecule has 0 aromatic heterocycles. The van der Waals surface area contributed by atoms with Gasteiger partial charge >= 0.3 is 5.97 Å². The highest BCUT2D eigenvalue weighted by Gasteiger charge is 2.49. The zero-order valence-corrected chi connectivity index (χ0v) is 20.6. The standard InChI is InChI=1S/C31H34FNO2/c1-3-25(2)22-30(27-16-9-5-10-17-27,28-18-11-6-12-19-28)24-31(32,20-13-21-33)29(34)35-23-26-14-7-4-8-15-26/h4-12,14-19,25H,3,13,20,22-24H2,1-2H3. The van der Waals surface area contributed by atoms with E-state index in [1.807, 2.05) is 97.1 Å². The summed E-state index contributed by atoms with van der Waals surface area (Å²) in [4.78, 5) is 13.3. The van der Waals surface area contributed by atoms with Gasteiger partial charge in [0.2, 0.25) is 5.67 Å². The summed E-state index contributed by atoms with van der Waals surface area (Å²) in [6, 6.07) is 31.0. The molecule has 0 aliphatic carbocycles. The van der Waals surface area contributed by atoms with Crippen LogP contribution in [-0.2, 0) is 21.6 Å². The van der Waals surface area contributed by atoms with Crippen LogP contribution in [0.3, 0.4) is 0 Å². The van der Waals surface area contributed by atoms with Gasteiger partial charge in [-0.3, -0.25) is 0 Å². The lowest BCUT2D eigenvalue weighted by Crippen LogP contribution is -2.44. The monoisotopic (exact) mass is 471 g/mol. The van der Waals surface area contributed by atoms with E-state index in [0.717, 1.165) is 23.1 Å². The normalized spacial score (nSPS) is 13.9. The van der Waals surface area contributed by atoms with Crippen molar-refractivity contribution in [2.75, 3.05) is 0 Å². The Morgan fingerprint density at radius 1 is 0.943 bits per heavy atom. The summed E-state index contributed by atoms with van der Waals surface area (Å²) in [5, 5.41) is 9.27. The van der Waals surface area contributed by atoms with Gasteiger partial charge in [-0.25, -0.2) is 9.18 Å². The molecule has 2 unspecified atom stereocenters. The maximum atomic E-state index is 16.9. The molecule has 0 saturated carbocycles. The Morgan fingerprint density at radius 2 is 1.46 bits per heavy atom. The molecule has 4 heteroatoms. The molecule has 0 saturated heterocycles. The molecule has 0 bridgehead atoms. The fraction of sp³-hybridized carbons (Fsp3) is 0.355. The quantitative estimate of drug-likeness (QED) is 0.256. The topological polar surface area (TPSA) is 50.1 Å².